The van der Waals surface area contributed by atoms with Crippen molar-refractivity contribution in [1.29, 1.82) is 0 Å². The smallest absolute Gasteiger partial charge is 0.151 e. The van der Waals surface area contributed by atoms with Crippen LogP contribution in [0.5, 0.6) is 0 Å². The molecule has 0 amide bonds. The lowest BCUT2D eigenvalue weighted by atomic mass is 10.1. The van der Waals surface area contributed by atoms with Crippen molar-refractivity contribution in [2.75, 3.05) is 11.1 Å². The molecule has 78 valence electrons. The molecule has 4 heteroatoms. The van der Waals surface area contributed by atoms with Crippen LogP contribution in [0.3, 0.4) is 0 Å². The van der Waals surface area contributed by atoms with Crippen LogP contribution in [0, 0.1) is 11.6 Å². The molecule has 0 saturated heterocycles. The second-order valence-corrected chi connectivity index (χ2v) is 4.22. The lowest BCUT2D eigenvalue weighted by Gasteiger charge is -2.23. The average molecular weight is 200 g/mol. The molecular weight excluding hydrogens is 186 g/mol. The molecule has 1 rings (SSSR count). The van der Waals surface area contributed by atoms with Gasteiger partial charge in [-0.05, 0) is 26.8 Å². The molecule has 0 atom stereocenters. The van der Waals surface area contributed by atoms with Crippen LogP contribution in [0.15, 0.2) is 12.1 Å². The number of nitrogen functional groups attached to an aromatic ring is 1. The first kappa shape index (κ1) is 10.8. The molecular formula is C10H14F2N2. The number of nitrogens with two attached hydrogens (primary N) is 1. The Bertz CT molecular complexity index is 343. The predicted molar refractivity (Wildman–Crippen MR) is 54.1 cm³/mol. The fraction of sp³-hybridized carbons (Fsp3) is 0.400. The zero-order valence-corrected chi connectivity index (χ0v) is 8.49. The first-order valence-electron chi connectivity index (χ1n) is 4.32. The lowest BCUT2D eigenvalue weighted by Crippen LogP contribution is -2.26. The number of hydrogen-bond donors (Lipinski definition) is 2. The van der Waals surface area contributed by atoms with Gasteiger partial charge in [0, 0.05) is 11.6 Å². The van der Waals surface area contributed by atoms with Gasteiger partial charge in [-0.25, -0.2) is 8.78 Å². The molecule has 0 aliphatic rings. The molecule has 0 aliphatic carbocycles. The molecule has 0 bridgehead atoms. The number of rotatable bonds is 1. The van der Waals surface area contributed by atoms with E-state index < -0.39 is 11.6 Å². The van der Waals surface area contributed by atoms with E-state index in [1.54, 1.807) is 0 Å². The Morgan fingerprint density at radius 2 is 1.79 bits per heavy atom. The summed E-state index contributed by atoms with van der Waals surface area (Å²) in [6, 6.07) is 1.95. The molecule has 0 spiro atoms. The van der Waals surface area contributed by atoms with Gasteiger partial charge < -0.3 is 11.1 Å². The largest absolute Gasteiger partial charge is 0.395 e. The summed E-state index contributed by atoms with van der Waals surface area (Å²) in [4.78, 5) is 0. The van der Waals surface area contributed by atoms with Gasteiger partial charge in [0.25, 0.3) is 0 Å². The molecule has 3 N–H and O–H groups in total. The zero-order valence-electron chi connectivity index (χ0n) is 8.49. The Balaban J connectivity index is 3.09. The normalized spacial score (nSPS) is 11.5. The van der Waals surface area contributed by atoms with Crippen LogP contribution in [-0.4, -0.2) is 5.54 Å². The quantitative estimate of drug-likeness (QED) is 0.684. The molecule has 14 heavy (non-hydrogen) atoms. The zero-order chi connectivity index (χ0) is 10.9. The van der Waals surface area contributed by atoms with E-state index >= 15 is 0 Å². The van der Waals surface area contributed by atoms with E-state index in [0.717, 1.165) is 6.07 Å². The topological polar surface area (TPSA) is 38.0 Å². The van der Waals surface area contributed by atoms with E-state index in [2.05, 4.69) is 5.32 Å². The van der Waals surface area contributed by atoms with Crippen molar-refractivity contribution in [1.82, 2.24) is 0 Å². The summed E-state index contributed by atoms with van der Waals surface area (Å²) in [6.07, 6.45) is 0. The maximum atomic E-state index is 13.0. The highest BCUT2D eigenvalue weighted by Crippen LogP contribution is 2.25. The third-order valence-electron chi connectivity index (χ3n) is 1.60. The Morgan fingerprint density at radius 3 is 2.29 bits per heavy atom. The van der Waals surface area contributed by atoms with Gasteiger partial charge in [0.1, 0.15) is 5.82 Å². The summed E-state index contributed by atoms with van der Waals surface area (Å²) in [6.45, 7) is 5.65. The molecule has 0 unspecified atom stereocenters. The molecule has 0 aliphatic heterocycles. The minimum Gasteiger partial charge on any atom is -0.395 e. The SMILES string of the molecule is CC(C)(C)Nc1cc(F)cc(F)c1N. The fourth-order valence-corrected chi connectivity index (χ4v) is 1.09. The first-order chi connectivity index (χ1) is 6.29. The van der Waals surface area contributed by atoms with Gasteiger partial charge >= 0.3 is 0 Å². The van der Waals surface area contributed by atoms with Crippen LogP contribution >= 0.6 is 0 Å². The standard InChI is InChI=1S/C10H14F2N2/c1-10(2,3)14-8-5-6(11)4-7(12)9(8)13/h4-5,14H,13H2,1-3H3. The number of halogens is 2. The molecule has 1 aromatic carbocycles. The molecule has 0 saturated carbocycles. The van der Waals surface area contributed by atoms with E-state index in [-0.39, 0.29) is 16.9 Å². The van der Waals surface area contributed by atoms with Crippen LogP contribution in [-0.2, 0) is 0 Å². The third kappa shape index (κ3) is 2.58. The highest BCUT2D eigenvalue weighted by molar-refractivity contribution is 5.67. The fourth-order valence-electron chi connectivity index (χ4n) is 1.09. The molecule has 2 nitrogen and oxygen atoms in total. The van der Waals surface area contributed by atoms with Crippen molar-refractivity contribution in [2.24, 2.45) is 0 Å². The van der Waals surface area contributed by atoms with Crippen LogP contribution in [0.2, 0.25) is 0 Å². The van der Waals surface area contributed by atoms with E-state index in [0.29, 0.717) is 0 Å². The van der Waals surface area contributed by atoms with Crippen LogP contribution in [0.25, 0.3) is 0 Å². The van der Waals surface area contributed by atoms with E-state index in [9.17, 15) is 8.78 Å². The second kappa shape index (κ2) is 3.44. The van der Waals surface area contributed by atoms with Crippen molar-refractivity contribution in [3.8, 4) is 0 Å². The lowest BCUT2D eigenvalue weighted by molar-refractivity contribution is 0.583. The summed E-state index contributed by atoms with van der Waals surface area (Å²) >= 11 is 0. The Kier molecular flexibility index (Phi) is 2.64. The minimum absolute atomic E-state index is 0.0543. The summed E-state index contributed by atoms with van der Waals surface area (Å²) in [7, 11) is 0. The summed E-state index contributed by atoms with van der Waals surface area (Å²) in [5.41, 5.74) is 5.40. The maximum absolute atomic E-state index is 13.0. The van der Waals surface area contributed by atoms with Crippen molar-refractivity contribution < 1.29 is 8.78 Å². The van der Waals surface area contributed by atoms with Crippen LogP contribution in [0.1, 0.15) is 20.8 Å². The Labute approximate surface area is 82.1 Å². The predicted octanol–water partition coefficient (Wildman–Crippen LogP) is 2.76. The second-order valence-electron chi connectivity index (χ2n) is 4.22. The molecule has 0 fully saturated rings. The average Bonchev–Trinajstić information content (AvgIpc) is 1.96. The Morgan fingerprint density at radius 1 is 1.21 bits per heavy atom. The van der Waals surface area contributed by atoms with Crippen LogP contribution < -0.4 is 11.1 Å². The monoisotopic (exact) mass is 200 g/mol. The van der Waals surface area contributed by atoms with Gasteiger partial charge in [-0.1, -0.05) is 0 Å². The van der Waals surface area contributed by atoms with Crippen LogP contribution in [0.4, 0.5) is 20.2 Å². The minimum atomic E-state index is -0.739. The van der Waals surface area contributed by atoms with Gasteiger partial charge in [0.05, 0.1) is 11.4 Å². The summed E-state index contributed by atoms with van der Waals surface area (Å²) in [5, 5.41) is 2.93. The highest BCUT2D eigenvalue weighted by Gasteiger charge is 2.14. The van der Waals surface area contributed by atoms with Gasteiger partial charge in [-0.3, -0.25) is 0 Å². The Hall–Kier alpha value is -1.32. The number of benzene rings is 1. The number of hydrogen-bond acceptors (Lipinski definition) is 2. The van der Waals surface area contributed by atoms with E-state index in [4.69, 9.17) is 5.73 Å². The first-order valence-corrected chi connectivity index (χ1v) is 4.32. The van der Waals surface area contributed by atoms with Crippen molar-refractivity contribution >= 4 is 11.4 Å². The number of nitrogens with one attached hydrogen (secondary N) is 1. The van der Waals surface area contributed by atoms with Gasteiger partial charge in [-0.2, -0.15) is 0 Å². The van der Waals surface area contributed by atoms with Crippen molar-refractivity contribution in [3.05, 3.63) is 23.8 Å². The van der Waals surface area contributed by atoms with E-state index in [1.165, 1.54) is 6.07 Å². The maximum Gasteiger partial charge on any atom is 0.151 e. The van der Waals surface area contributed by atoms with Crippen molar-refractivity contribution in [3.63, 3.8) is 0 Å². The third-order valence-corrected chi connectivity index (χ3v) is 1.60. The van der Waals surface area contributed by atoms with Gasteiger partial charge in [0.15, 0.2) is 5.82 Å². The molecule has 0 radical (unpaired) electrons. The summed E-state index contributed by atoms with van der Waals surface area (Å²) < 4.78 is 25.9. The molecule has 0 aromatic heterocycles. The molecule has 1 aromatic rings. The van der Waals surface area contributed by atoms with Crippen molar-refractivity contribution in [2.45, 2.75) is 26.3 Å². The summed E-state index contributed by atoms with van der Waals surface area (Å²) in [5.74, 6) is -1.37. The van der Waals surface area contributed by atoms with Gasteiger partial charge in [-0.15, -0.1) is 0 Å². The van der Waals surface area contributed by atoms with E-state index in [1.807, 2.05) is 20.8 Å². The van der Waals surface area contributed by atoms with Gasteiger partial charge in [0.2, 0.25) is 0 Å². The highest BCUT2D eigenvalue weighted by atomic mass is 19.1. The number of anilines is 2. The molecule has 0 heterocycles.